The molecule has 1 atom stereocenters. The maximum absolute atomic E-state index is 11.2. The predicted octanol–water partition coefficient (Wildman–Crippen LogP) is 3.12. The number of benzene rings is 1. The van der Waals surface area contributed by atoms with Gasteiger partial charge in [0.25, 0.3) is 0 Å². The van der Waals surface area contributed by atoms with Crippen LogP contribution in [0.15, 0.2) is 18.2 Å². The van der Waals surface area contributed by atoms with Crippen molar-refractivity contribution in [3.05, 3.63) is 28.8 Å². The molecule has 0 saturated carbocycles. The summed E-state index contributed by atoms with van der Waals surface area (Å²) in [6.07, 6.45) is 0.498. The van der Waals surface area contributed by atoms with E-state index in [0.717, 1.165) is 0 Å². The summed E-state index contributed by atoms with van der Waals surface area (Å²) in [6.45, 7) is 3.73. The molecule has 1 aromatic carbocycles. The van der Waals surface area contributed by atoms with Gasteiger partial charge >= 0.3 is 5.97 Å². The third-order valence-corrected chi connectivity index (χ3v) is 3.30. The van der Waals surface area contributed by atoms with Crippen molar-refractivity contribution in [2.45, 2.75) is 20.3 Å². The quantitative estimate of drug-likeness (QED) is 0.859. The van der Waals surface area contributed by atoms with Crippen molar-refractivity contribution in [3.8, 4) is 6.07 Å². The molecule has 4 nitrogen and oxygen atoms in total. The molecule has 18 heavy (non-hydrogen) atoms. The van der Waals surface area contributed by atoms with Crippen molar-refractivity contribution >= 4 is 23.3 Å². The third-order valence-electron chi connectivity index (χ3n) is 3.07. The molecule has 0 aromatic heterocycles. The third kappa shape index (κ3) is 3.14. The Morgan fingerprint density at radius 1 is 1.61 bits per heavy atom. The average Bonchev–Trinajstić information content (AvgIpc) is 2.35. The number of nitrogens with zero attached hydrogens (tertiary/aromatic N) is 1. The number of halogens is 1. The maximum Gasteiger partial charge on any atom is 0.311 e. The fourth-order valence-electron chi connectivity index (χ4n) is 1.40. The fraction of sp³-hybridized carbons (Fsp3) is 0.385. The van der Waals surface area contributed by atoms with Crippen LogP contribution >= 0.6 is 11.6 Å². The molecule has 5 heteroatoms. The Morgan fingerprint density at radius 3 is 2.78 bits per heavy atom. The van der Waals surface area contributed by atoms with E-state index < -0.39 is 11.4 Å². The van der Waals surface area contributed by atoms with Crippen molar-refractivity contribution in [3.63, 3.8) is 0 Å². The number of nitrogens with one attached hydrogen (secondary N) is 1. The van der Waals surface area contributed by atoms with Gasteiger partial charge in [0.2, 0.25) is 0 Å². The Balaban J connectivity index is 2.90. The summed E-state index contributed by atoms with van der Waals surface area (Å²) in [6, 6.07) is 6.89. The molecule has 0 bridgehead atoms. The molecule has 2 N–H and O–H groups in total. The highest BCUT2D eigenvalue weighted by Crippen LogP contribution is 2.25. The van der Waals surface area contributed by atoms with Crippen molar-refractivity contribution < 1.29 is 9.90 Å². The Hall–Kier alpha value is -1.73. The first-order valence-electron chi connectivity index (χ1n) is 5.60. The van der Waals surface area contributed by atoms with Gasteiger partial charge in [0.05, 0.1) is 16.7 Å². The lowest BCUT2D eigenvalue weighted by atomic mass is 9.87. The number of hydrogen-bond acceptors (Lipinski definition) is 3. The van der Waals surface area contributed by atoms with Crippen LogP contribution in [0.25, 0.3) is 0 Å². The largest absolute Gasteiger partial charge is 0.481 e. The highest BCUT2D eigenvalue weighted by atomic mass is 35.5. The van der Waals surface area contributed by atoms with Gasteiger partial charge in [0.15, 0.2) is 0 Å². The lowest BCUT2D eigenvalue weighted by Crippen LogP contribution is -2.34. The van der Waals surface area contributed by atoms with Crippen molar-refractivity contribution in [1.82, 2.24) is 0 Å². The average molecular weight is 267 g/mol. The first-order chi connectivity index (χ1) is 8.42. The standard InChI is InChI=1S/C13H15ClN2O2/c1-3-13(2,12(17)18)8-16-11-6-10(14)5-4-9(11)7-15/h4-6,16H,3,8H2,1-2H3,(H,17,18). The zero-order chi connectivity index (χ0) is 13.8. The van der Waals surface area contributed by atoms with E-state index in [1.165, 1.54) is 0 Å². The van der Waals surface area contributed by atoms with Gasteiger partial charge < -0.3 is 10.4 Å². The smallest absolute Gasteiger partial charge is 0.311 e. The molecule has 0 fully saturated rings. The summed E-state index contributed by atoms with van der Waals surface area (Å²) in [5, 5.41) is 21.6. The maximum atomic E-state index is 11.2. The number of carbonyl (C=O) groups is 1. The number of rotatable bonds is 5. The molecule has 0 amide bonds. The molecule has 96 valence electrons. The summed E-state index contributed by atoms with van der Waals surface area (Å²) in [5.74, 6) is -0.863. The van der Waals surface area contributed by atoms with E-state index in [1.807, 2.05) is 13.0 Å². The van der Waals surface area contributed by atoms with Crippen molar-refractivity contribution in [2.75, 3.05) is 11.9 Å². The van der Waals surface area contributed by atoms with Gasteiger partial charge in [-0.3, -0.25) is 4.79 Å². The van der Waals surface area contributed by atoms with Gasteiger partial charge in [-0.15, -0.1) is 0 Å². The van der Waals surface area contributed by atoms with E-state index >= 15 is 0 Å². The molecule has 1 unspecified atom stereocenters. The van der Waals surface area contributed by atoms with Gasteiger partial charge in [-0.25, -0.2) is 0 Å². The first-order valence-corrected chi connectivity index (χ1v) is 5.97. The minimum atomic E-state index is -0.866. The molecular formula is C13H15ClN2O2. The number of anilines is 1. The number of aliphatic carboxylic acids is 1. The molecule has 0 aliphatic heterocycles. The zero-order valence-corrected chi connectivity index (χ0v) is 11.1. The first kappa shape index (κ1) is 14.3. The van der Waals surface area contributed by atoms with Crippen LogP contribution in [0.1, 0.15) is 25.8 Å². The Bertz CT molecular complexity index is 496. The molecule has 0 saturated heterocycles. The van der Waals surface area contributed by atoms with Crippen LogP contribution < -0.4 is 5.32 Å². The van der Waals surface area contributed by atoms with E-state index in [1.54, 1.807) is 25.1 Å². The second-order valence-corrected chi connectivity index (χ2v) is 4.81. The molecule has 1 rings (SSSR count). The number of carboxylic acids is 1. The number of hydrogen-bond donors (Lipinski definition) is 2. The highest BCUT2D eigenvalue weighted by molar-refractivity contribution is 6.30. The topological polar surface area (TPSA) is 73.1 Å². The molecule has 0 heterocycles. The number of carboxylic acid groups (broad SMARTS) is 1. The van der Waals surface area contributed by atoms with E-state index in [2.05, 4.69) is 5.32 Å². The van der Waals surface area contributed by atoms with Crippen LogP contribution in [-0.4, -0.2) is 17.6 Å². The van der Waals surface area contributed by atoms with Gasteiger partial charge in [0, 0.05) is 11.6 Å². The molecule has 0 aliphatic carbocycles. The van der Waals surface area contributed by atoms with Crippen LogP contribution in [0, 0.1) is 16.7 Å². The Kier molecular flexibility index (Phi) is 4.57. The monoisotopic (exact) mass is 266 g/mol. The molecule has 0 aliphatic rings. The van der Waals surface area contributed by atoms with Gasteiger partial charge in [-0.1, -0.05) is 18.5 Å². The lowest BCUT2D eigenvalue weighted by Gasteiger charge is -2.24. The normalized spacial score (nSPS) is 13.4. The zero-order valence-electron chi connectivity index (χ0n) is 10.3. The summed E-state index contributed by atoms with van der Waals surface area (Å²) < 4.78 is 0. The summed E-state index contributed by atoms with van der Waals surface area (Å²) in [5.41, 5.74) is 0.142. The van der Waals surface area contributed by atoms with Gasteiger partial charge in [-0.05, 0) is 31.5 Å². The second kappa shape index (κ2) is 5.74. The van der Waals surface area contributed by atoms with E-state index in [0.29, 0.717) is 22.7 Å². The van der Waals surface area contributed by atoms with Crippen LogP contribution in [0.4, 0.5) is 5.69 Å². The molecule has 0 radical (unpaired) electrons. The molecular weight excluding hydrogens is 252 g/mol. The number of nitriles is 1. The second-order valence-electron chi connectivity index (χ2n) is 4.37. The van der Waals surface area contributed by atoms with Gasteiger partial charge in [-0.2, -0.15) is 5.26 Å². The fourth-order valence-corrected chi connectivity index (χ4v) is 1.57. The van der Waals surface area contributed by atoms with Crippen molar-refractivity contribution in [2.24, 2.45) is 5.41 Å². The van der Waals surface area contributed by atoms with E-state index in [4.69, 9.17) is 22.0 Å². The Morgan fingerprint density at radius 2 is 2.28 bits per heavy atom. The minimum Gasteiger partial charge on any atom is -0.481 e. The van der Waals surface area contributed by atoms with Crippen LogP contribution in [0.2, 0.25) is 5.02 Å². The van der Waals surface area contributed by atoms with Gasteiger partial charge in [0.1, 0.15) is 6.07 Å². The van der Waals surface area contributed by atoms with Crippen LogP contribution in [0.5, 0.6) is 0 Å². The summed E-state index contributed by atoms with van der Waals surface area (Å²) in [4.78, 5) is 11.2. The van der Waals surface area contributed by atoms with Crippen molar-refractivity contribution in [1.29, 1.82) is 5.26 Å². The van der Waals surface area contributed by atoms with Crippen LogP contribution in [0.3, 0.4) is 0 Å². The predicted molar refractivity (Wildman–Crippen MR) is 70.7 cm³/mol. The SMILES string of the molecule is CCC(C)(CNc1cc(Cl)ccc1C#N)C(=O)O. The summed E-state index contributed by atoms with van der Waals surface area (Å²) in [7, 11) is 0. The molecule has 1 aromatic rings. The van der Waals surface area contributed by atoms with E-state index in [-0.39, 0.29) is 6.54 Å². The molecule has 0 spiro atoms. The lowest BCUT2D eigenvalue weighted by molar-refractivity contribution is -0.147. The summed E-state index contributed by atoms with van der Waals surface area (Å²) >= 11 is 5.85. The van der Waals surface area contributed by atoms with Crippen LogP contribution in [-0.2, 0) is 4.79 Å². The minimum absolute atomic E-state index is 0.244. The highest BCUT2D eigenvalue weighted by Gasteiger charge is 2.30. The Labute approximate surface area is 111 Å². The van der Waals surface area contributed by atoms with E-state index in [9.17, 15) is 4.79 Å².